The molecule has 0 saturated carbocycles. The zero-order valence-corrected chi connectivity index (χ0v) is 19.0. The fraction of sp³-hybridized carbons (Fsp3) is 0.273. The molecular formula is C22H19BrF3N5O2. The third-order valence-corrected chi connectivity index (χ3v) is 5.86. The van der Waals surface area contributed by atoms with Crippen molar-refractivity contribution in [1.29, 1.82) is 0 Å². The lowest BCUT2D eigenvalue weighted by Crippen LogP contribution is -2.48. The zero-order valence-electron chi connectivity index (χ0n) is 17.4. The first-order valence-electron chi connectivity index (χ1n) is 10.1. The van der Waals surface area contributed by atoms with Gasteiger partial charge in [-0.2, -0.15) is 23.0 Å². The Morgan fingerprint density at radius 3 is 2.82 bits per heavy atom. The van der Waals surface area contributed by atoms with Gasteiger partial charge in [-0.3, -0.25) is 4.79 Å². The molecule has 3 heterocycles. The van der Waals surface area contributed by atoms with Gasteiger partial charge in [-0.1, -0.05) is 28.1 Å². The Morgan fingerprint density at radius 1 is 1.27 bits per heavy atom. The maximum absolute atomic E-state index is 12.9. The van der Waals surface area contributed by atoms with E-state index in [4.69, 9.17) is 0 Å². The summed E-state index contributed by atoms with van der Waals surface area (Å²) in [5, 5.41) is 6.70. The molecule has 0 radical (unpaired) electrons. The minimum atomic E-state index is -4.53. The molecule has 4 rings (SSSR count). The summed E-state index contributed by atoms with van der Waals surface area (Å²) >= 11 is 3.41. The van der Waals surface area contributed by atoms with E-state index in [1.807, 2.05) is 18.2 Å². The highest BCUT2D eigenvalue weighted by Crippen LogP contribution is 2.29. The molecule has 0 unspecified atom stereocenters. The van der Waals surface area contributed by atoms with Crippen LogP contribution in [0.5, 0.6) is 0 Å². The Labute approximate surface area is 195 Å². The third kappa shape index (κ3) is 5.08. The van der Waals surface area contributed by atoms with Crippen LogP contribution in [0.2, 0.25) is 0 Å². The Bertz CT molecular complexity index is 1210. The van der Waals surface area contributed by atoms with E-state index in [0.717, 1.165) is 26.5 Å². The first kappa shape index (κ1) is 23.0. The highest BCUT2D eigenvalue weighted by Gasteiger charge is 2.32. The molecular weight excluding hydrogens is 503 g/mol. The lowest BCUT2D eigenvalue weighted by atomic mass is 10.1. The molecule has 0 bridgehead atoms. The van der Waals surface area contributed by atoms with E-state index in [9.17, 15) is 22.8 Å². The lowest BCUT2D eigenvalue weighted by molar-refractivity contribution is -0.141. The SMILES string of the molecule is CN1C(=O)[C@@H](NC(=O)n2cc(Cc3cccc(C(F)(F)F)n3)cn2)CCc2ccc(Br)cc21. The van der Waals surface area contributed by atoms with Crippen LogP contribution in [-0.4, -0.2) is 39.8 Å². The van der Waals surface area contributed by atoms with Gasteiger partial charge in [0, 0.05) is 35.5 Å². The molecule has 3 aromatic rings. The molecule has 1 N–H and O–H groups in total. The molecule has 2 amide bonds. The Balaban J connectivity index is 1.44. The smallest absolute Gasteiger partial charge is 0.324 e. The van der Waals surface area contributed by atoms with Crippen molar-refractivity contribution < 1.29 is 22.8 Å². The van der Waals surface area contributed by atoms with E-state index in [1.54, 1.807) is 7.05 Å². The first-order valence-corrected chi connectivity index (χ1v) is 10.8. The molecule has 1 atom stereocenters. The second-order valence-corrected chi connectivity index (χ2v) is 8.61. The van der Waals surface area contributed by atoms with Crippen molar-refractivity contribution in [3.63, 3.8) is 0 Å². The minimum Gasteiger partial charge on any atom is -0.324 e. The molecule has 0 fully saturated rings. The first-order chi connectivity index (χ1) is 15.6. The van der Waals surface area contributed by atoms with Gasteiger partial charge in [0.1, 0.15) is 11.7 Å². The van der Waals surface area contributed by atoms with Crippen molar-refractivity contribution in [3.8, 4) is 0 Å². The summed E-state index contributed by atoms with van der Waals surface area (Å²) in [6, 6.07) is 8.02. The summed E-state index contributed by atoms with van der Waals surface area (Å²) in [4.78, 5) is 30.8. The molecule has 1 aromatic carbocycles. The number of hydrogen-bond acceptors (Lipinski definition) is 4. The van der Waals surface area contributed by atoms with Crippen LogP contribution >= 0.6 is 15.9 Å². The quantitative estimate of drug-likeness (QED) is 0.560. The highest BCUT2D eigenvalue weighted by molar-refractivity contribution is 9.10. The zero-order chi connectivity index (χ0) is 23.8. The van der Waals surface area contributed by atoms with E-state index in [2.05, 4.69) is 31.3 Å². The van der Waals surface area contributed by atoms with Gasteiger partial charge in [0.25, 0.3) is 0 Å². The molecule has 33 heavy (non-hydrogen) atoms. The molecule has 11 heteroatoms. The van der Waals surface area contributed by atoms with Crippen molar-refractivity contribution in [1.82, 2.24) is 20.1 Å². The van der Waals surface area contributed by atoms with Crippen LogP contribution in [0.3, 0.4) is 0 Å². The van der Waals surface area contributed by atoms with Crippen LogP contribution < -0.4 is 10.2 Å². The molecule has 0 saturated heterocycles. The van der Waals surface area contributed by atoms with E-state index in [-0.39, 0.29) is 18.0 Å². The molecule has 0 aliphatic carbocycles. The summed E-state index contributed by atoms with van der Waals surface area (Å²) in [5.41, 5.74) is 1.52. The van der Waals surface area contributed by atoms with Gasteiger partial charge < -0.3 is 10.2 Å². The number of fused-ring (bicyclic) bond motifs is 1. The summed E-state index contributed by atoms with van der Waals surface area (Å²) in [5.74, 6) is -0.249. The lowest BCUT2D eigenvalue weighted by Gasteiger charge is -2.22. The van der Waals surface area contributed by atoms with E-state index in [1.165, 1.54) is 29.4 Å². The van der Waals surface area contributed by atoms with Crippen LogP contribution in [0, 0.1) is 0 Å². The third-order valence-electron chi connectivity index (χ3n) is 5.36. The van der Waals surface area contributed by atoms with Crippen LogP contribution in [0.15, 0.2) is 53.3 Å². The molecule has 0 spiro atoms. The van der Waals surface area contributed by atoms with Crippen molar-refractivity contribution >= 4 is 33.6 Å². The average Bonchev–Trinajstić information content (AvgIpc) is 3.20. The maximum Gasteiger partial charge on any atom is 0.433 e. The van der Waals surface area contributed by atoms with Gasteiger partial charge in [-0.05, 0) is 48.2 Å². The Morgan fingerprint density at radius 2 is 2.06 bits per heavy atom. The molecule has 7 nitrogen and oxygen atoms in total. The average molecular weight is 522 g/mol. The summed E-state index contributed by atoms with van der Waals surface area (Å²) < 4.78 is 40.5. The van der Waals surface area contributed by atoms with Crippen molar-refractivity contribution in [2.45, 2.75) is 31.5 Å². The Hall–Kier alpha value is -3.21. The standard InChI is InChI=1S/C22H19BrF3N5O2/c1-30-18-10-15(23)7-5-14(18)6-8-17(20(30)32)29-21(33)31-12-13(11-27-31)9-16-3-2-4-19(28-16)22(24,25)26/h2-5,7,10-12,17H,6,8-9H2,1H3,(H,29,33)/t17-/m0/s1. The van der Waals surface area contributed by atoms with Crippen molar-refractivity contribution in [3.05, 3.63) is 75.8 Å². The predicted molar refractivity (Wildman–Crippen MR) is 118 cm³/mol. The largest absolute Gasteiger partial charge is 0.433 e. The van der Waals surface area contributed by atoms with E-state index in [0.29, 0.717) is 18.4 Å². The van der Waals surface area contributed by atoms with E-state index >= 15 is 0 Å². The summed E-state index contributed by atoms with van der Waals surface area (Å²) in [6.07, 6.45) is -0.633. The minimum absolute atomic E-state index is 0.0759. The molecule has 2 aromatic heterocycles. The van der Waals surface area contributed by atoms with Gasteiger partial charge in [0.05, 0.1) is 6.20 Å². The second-order valence-electron chi connectivity index (χ2n) is 7.69. The number of rotatable bonds is 3. The van der Waals surface area contributed by atoms with Gasteiger partial charge in [-0.15, -0.1) is 0 Å². The number of alkyl halides is 3. The monoisotopic (exact) mass is 521 g/mol. The number of halogens is 4. The number of pyridine rings is 1. The van der Waals surface area contributed by atoms with Crippen LogP contribution in [0.1, 0.15) is 28.9 Å². The van der Waals surface area contributed by atoms with Crippen LogP contribution in [0.4, 0.5) is 23.7 Å². The highest BCUT2D eigenvalue weighted by atomic mass is 79.9. The summed E-state index contributed by atoms with van der Waals surface area (Å²) in [7, 11) is 1.66. The number of hydrogen-bond donors (Lipinski definition) is 1. The number of anilines is 1. The Kier molecular flexibility index (Phi) is 6.24. The molecule has 1 aliphatic rings. The fourth-order valence-electron chi connectivity index (χ4n) is 3.69. The number of nitrogens with one attached hydrogen (secondary N) is 1. The number of likely N-dealkylation sites (N-methyl/N-ethyl adjacent to an activating group) is 1. The predicted octanol–water partition coefficient (Wildman–Crippen LogP) is 4.19. The number of nitrogens with zero attached hydrogens (tertiary/aromatic N) is 4. The van der Waals surface area contributed by atoms with Gasteiger partial charge >= 0.3 is 12.2 Å². The molecule has 172 valence electrons. The maximum atomic E-state index is 12.9. The number of amides is 2. The van der Waals surface area contributed by atoms with Crippen LogP contribution in [0.25, 0.3) is 0 Å². The number of carbonyl (C=O) groups is 2. The normalized spacial score (nSPS) is 16.3. The second kappa shape index (κ2) is 8.97. The molecule has 1 aliphatic heterocycles. The number of aryl methyl sites for hydroxylation is 1. The van der Waals surface area contributed by atoms with Crippen molar-refractivity contribution in [2.75, 3.05) is 11.9 Å². The van der Waals surface area contributed by atoms with Crippen molar-refractivity contribution in [2.24, 2.45) is 0 Å². The van der Waals surface area contributed by atoms with Gasteiger partial charge in [0.15, 0.2) is 0 Å². The number of aromatic nitrogens is 3. The number of benzene rings is 1. The van der Waals surface area contributed by atoms with Gasteiger partial charge in [0.2, 0.25) is 5.91 Å². The topological polar surface area (TPSA) is 80.1 Å². The summed E-state index contributed by atoms with van der Waals surface area (Å²) in [6.45, 7) is 0. The van der Waals surface area contributed by atoms with E-state index < -0.39 is 23.9 Å². The fourth-order valence-corrected chi connectivity index (χ4v) is 4.04. The van der Waals surface area contributed by atoms with Crippen LogP contribution in [-0.2, 0) is 23.8 Å². The number of carbonyl (C=O) groups excluding carboxylic acids is 2. The van der Waals surface area contributed by atoms with Gasteiger partial charge in [-0.25, -0.2) is 9.78 Å².